The number of carbonyl (C=O) groups excluding carboxylic acids is 1. The SMILES string of the molecule is O=C(CC1CCOCC1)N1CCOC[C@@H]1CCc1cnccn1. The number of rotatable bonds is 5. The van der Waals surface area contributed by atoms with Gasteiger partial charge in [0.05, 0.1) is 24.9 Å². The van der Waals surface area contributed by atoms with Gasteiger partial charge in [-0.1, -0.05) is 0 Å². The number of hydrogen-bond acceptors (Lipinski definition) is 5. The Morgan fingerprint density at radius 3 is 2.87 bits per heavy atom. The number of hydrogen-bond donors (Lipinski definition) is 0. The molecule has 2 fully saturated rings. The van der Waals surface area contributed by atoms with Gasteiger partial charge in [-0.05, 0) is 31.6 Å². The standard InChI is InChI=1S/C17H25N3O3/c21-17(11-14-3-8-22-9-4-14)20-7-10-23-13-16(20)2-1-15-12-18-5-6-19-15/h5-6,12,14,16H,1-4,7-11,13H2/t16-/m0/s1. The molecule has 2 saturated heterocycles. The first-order chi connectivity index (χ1) is 11.3. The Morgan fingerprint density at radius 2 is 2.09 bits per heavy atom. The maximum atomic E-state index is 12.7. The fourth-order valence-electron chi connectivity index (χ4n) is 3.31. The normalized spacial score (nSPS) is 23.0. The van der Waals surface area contributed by atoms with Gasteiger partial charge in [-0.3, -0.25) is 14.8 Å². The lowest BCUT2D eigenvalue weighted by molar-refractivity contribution is -0.141. The van der Waals surface area contributed by atoms with Crippen LogP contribution in [0.3, 0.4) is 0 Å². The van der Waals surface area contributed by atoms with E-state index in [1.54, 1.807) is 18.6 Å². The van der Waals surface area contributed by atoms with Crippen molar-refractivity contribution in [1.82, 2.24) is 14.9 Å². The Morgan fingerprint density at radius 1 is 1.22 bits per heavy atom. The molecule has 0 aromatic carbocycles. The first-order valence-electron chi connectivity index (χ1n) is 8.53. The van der Waals surface area contributed by atoms with Crippen LogP contribution in [0.4, 0.5) is 0 Å². The maximum Gasteiger partial charge on any atom is 0.223 e. The van der Waals surface area contributed by atoms with Gasteiger partial charge in [-0.25, -0.2) is 0 Å². The number of nitrogens with zero attached hydrogens (tertiary/aromatic N) is 3. The van der Waals surface area contributed by atoms with Crippen LogP contribution >= 0.6 is 0 Å². The van der Waals surface area contributed by atoms with Gasteiger partial charge in [0, 0.05) is 44.8 Å². The van der Waals surface area contributed by atoms with Gasteiger partial charge in [-0.15, -0.1) is 0 Å². The summed E-state index contributed by atoms with van der Waals surface area (Å²) in [5.74, 6) is 0.740. The monoisotopic (exact) mass is 319 g/mol. The second kappa shape index (κ2) is 8.36. The van der Waals surface area contributed by atoms with Crippen LogP contribution < -0.4 is 0 Å². The molecule has 0 unspecified atom stereocenters. The zero-order chi connectivity index (χ0) is 15.9. The molecule has 2 aliphatic heterocycles. The predicted octanol–water partition coefficient (Wildman–Crippen LogP) is 1.45. The molecule has 3 heterocycles. The predicted molar refractivity (Wildman–Crippen MR) is 84.8 cm³/mol. The second-order valence-corrected chi connectivity index (χ2v) is 6.31. The number of ether oxygens (including phenoxy) is 2. The maximum absolute atomic E-state index is 12.7. The van der Waals surface area contributed by atoms with E-state index >= 15 is 0 Å². The molecule has 1 atom stereocenters. The third-order valence-corrected chi connectivity index (χ3v) is 4.70. The Hall–Kier alpha value is -1.53. The molecule has 0 N–H and O–H groups in total. The van der Waals surface area contributed by atoms with Crippen molar-refractivity contribution in [2.75, 3.05) is 33.0 Å². The first kappa shape index (κ1) is 16.3. The highest BCUT2D eigenvalue weighted by Crippen LogP contribution is 2.22. The highest BCUT2D eigenvalue weighted by atomic mass is 16.5. The van der Waals surface area contributed by atoms with Crippen molar-refractivity contribution < 1.29 is 14.3 Å². The zero-order valence-corrected chi connectivity index (χ0v) is 13.5. The Kier molecular flexibility index (Phi) is 5.93. The Labute approximate surface area is 137 Å². The molecule has 0 spiro atoms. The van der Waals surface area contributed by atoms with E-state index in [1.807, 2.05) is 4.90 Å². The van der Waals surface area contributed by atoms with Crippen LogP contribution in [0.2, 0.25) is 0 Å². The summed E-state index contributed by atoms with van der Waals surface area (Å²) in [5, 5.41) is 0. The minimum Gasteiger partial charge on any atom is -0.381 e. The molecular weight excluding hydrogens is 294 g/mol. The molecule has 6 nitrogen and oxygen atoms in total. The molecule has 126 valence electrons. The van der Waals surface area contributed by atoms with Gasteiger partial charge in [0.1, 0.15) is 0 Å². The van der Waals surface area contributed by atoms with E-state index in [2.05, 4.69) is 9.97 Å². The van der Waals surface area contributed by atoms with E-state index < -0.39 is 0 Å². The van der Waals surface area contributed by atoms with Crippen molar-refractivity contribution in [1.29, 1.82) is 0 Å². The molecule has 0 aliphatic carbocycles. The van der Waals surface area contributed by atoms with Crippen molar-refractivity contribution in [3.05, 3.63) is 24.3 Å². The van der Waals surface area contributed by atoms with Gasteiger partial charge in [0.15, 0.2) is 0 Å². The van der Waals surface area contributed by atoms with Gasteiger partial charge in [-0.2, -0.15) is 0 Å². The molecule has 0 saturated carbocycles. The fourth-order valence-corrected chi connectivity index (χ4v) is 3.31. The molecule has 23 heavy (non-hydrogen) atoms. The summed E-state index contributed by atoms with van der Waals surface area (Å²) in [4.78, 5) is 23.1. The molecule has 6 heteroatoms. The number of carbonyl (C=O) groups is 1. The van der Waals surface area contributed by atoms with Gasteiger partial charge < -0.3 is 14.4 Å². The molecule has 3 rings (SSSR count). The second-order valence-electron chi connectivity index (χ2n) is 6.31. The minimum absolute atomic E-state index is 0.151. The van der Waals surface area contributed by atoms with Gasteiger partial charge in [0.2, 0.25) is 5.91 Å². The van der Waals surface area contributed by atoms with Crippen molar-refractivity contribution in [2.45, 2.75) is 38.1 Å². The minimum atomic E-state index is 0.151. The summed E-state index contributed by atoms with van der Waals surface area (Å²) in [5.41, 5.74) is 0.968. The van der Waals surface area contributed by atoms with E-state index in [-0.39, 0.29) is 11.9 Å². The number of aryl methyl sites for hydroxylation is 1. The smallest absolute Gasteiger partial charge is 0.223 e. The van der Waals surface area contributed by atoms with E-state index in [4.69, 9.17) is 9.47 Å². The fraction of sp³-hybridized carbons (Fsp3) is 0.706. The summed E-state index contributed by atoms with van der Waals surface area (Å²) in [6.07, 6.45) is 9.52. The third kappa shape index (κ3) is 4.72. The molecule has 1 aromatic rings. The van der Waals surface area contributed by atoms with Crippen LogP contribution in [0.1, 0.15) is 31.4 Å². The highest BCUT2D eigenvalue weighted by Gasteiger charge is 2.29. The molecule has 1 aromatic heterocycles. The van der Waals surface area contributed by atoms with Crippen LogP contribution in [-0.2, 0) is 20.7 Å². The molecule has 0 bridgehead atoms. The largest absolute Gasteiger partial charge is 0.381 e. The Balaban J connectivity index is 1.53. The highest BCUT2D eigenvalue weighted by molar-refractivity contribution is 5.77. The number of amides is 1. The lowest BCUT2D eigenvalue weighted by Crippen LogP contribution is -2.49. The molecule has 0 radical (unpaired) electrons. The summed E-state index contributed by atoms with van der Waals surface area (Å²) >= 11 is 0. The van der Waals surface area contributed by atoms with E-state index in [0.29, 0.717) is 32.1 Å². The summed E-state index contributed by atoms with van der Waals surface area (Å²) in [7, 11) is 0. The number of aromatic nitrogens is 2. The van der Waals surface area contributed by atoms with Crippen LogP contribution in [0.5, 0.6) is 0 Å². The zero-order valence-electron chi connectivity index (χ0n) is 13.5. The van der Waals surface area contributed by atoms with Crippen molar-refractivity contribution in [2.24, 2.45) is 5.92 Å². The molecular formula is C17H25N3O3. The average molecular weight is 319 g/mol. The lowest BCUT2D eigenvalue weighted by Gasteiger charge is -2.37. The third-order valence-electron chi connectivity index (χ3n) is 4.70. The average Bonchev–Trinajstić information content (AvgIpc) is 2.62. The summed E-state index contributed by atoms with van der Waals surface area (Å²) in [6.45, 7) is 3.54. The van der Waals surface area contributed by atoms with Crippen molar-refractivity contribution in [3.63, 3.8) is 0 Å². The van der Waals surface area contributed by atoms with E-state index in [1.165, 1.54) is 0 Å². The number of morpholine rings is 1. The Bertz CT molecular complexity index is 491. The molecule has 2 aliphatic rings. The first-order valence-corrected chi connectivity index (χ1v) is 8.53. The van der Waals surface area contributed by atoms with Crippen LogP contribution in [0, 0.1) is 5.92 Å². The van der Waals surface area contributed by atoms with E-state index in [0.717, 1.165) is 44.6 Å². The summed E-state index contributed by atoms with van der Waals surface area (Å²) in [6, 6.07) is 0.151. The van der Waals surface area contributed by atoms with Crippen LogP contribution in [-0.4, -0.2) is 59.8 Å². The lowest BCUT2D eigenvalue weighted by atomic mass is 9.95. The van der Waals surface area contributed by atoms with Crippen LogP contribution in [0.25, 0.3) is 0 Å². The van der Waals surface area contributed by atoms with Crippen molar-refractivity contribution in [3.8, 4) is 0 Å². The van der Waals surface area contributed by atoms with Crippen LogP contribution in [0.15, 0.2) is 18.6 Å². The topological polar surface area (TPSA) is 64.5 Å². The van der Waals surface area contributed by atoms with Gasteiger partial charge in [0.25, 0.3) is 0 Å². The van der Waals surface area contributed by atoms with E-state index in [9.17, 15) is 4.79 Å². The molecule has 1 amide bonds. The quantitative estimate of drug-likeness (QED) is 0.822. The van der Waals surface area contributed by atoms with Gasteiger partial charge >= 0.3 is 0 Å². The van der Waals surface area contributed by atoms with Crippen molar-refractivity contribution >= 4 is 5.91 Å². The summed E-state index contributed by atoms with van der Waals surface area (Å²) < 4.78 is 11.0.